The Bertz CT molecular complexity index is 1090. The van der Waals surface area contributed by atoms with Crippen LogP contribution in [-0.4, -0.2) is 19.7 Å². The van der Waals surface area contributed by atoms with Crippen LogP contribution in [0.4, 0.5) is 0 Å². The summed E-state index contributed by atoms with van der Waals surface area (Å²) in [6, 6.07) is 21.4. The second kappa shape index (κ2) is 9.43. The van der Waals surface area contributed by atoms with Crippen LogP contribution in [0.5, 0.6) is 11.5 Å². The van der Waals surface area contributed by atoms with Gasteiger partial charge in [0.05, 0.1) is 13.7 Å². The molecule has 5 nitrogen and oxygen atoms in total. The first kappa shape index (κ1) is 20.0. The van der Waals surface area contributed by atoms with E-state index in [9.17, 15) is 10.1 Å². The lowest BCUT2D eigenvalue weighted by Crippen LogP contribution is -2.06. The first-order valence-electron chi connectivity index (χ1n) is 9.22. The number of methoxy groups -OCH3 is 1. The monoisotopic (exact) mass is 387 g/mol. The number of esters is 1. The van der Waals surface area contributed by atoms with Gasteiger partial charge in [-0.1, -0.05) is 48.5 Å². The number of hydrogen-bond acceptors (Lipinski definition) is 5. The summed E-state index contributed by atoms with van der Waals surface area (Å²) in [4.78, 5) is 11.8. The van der Waals surface area contributed by atoms with E-state index < -0.39 is 5.97 Å². The summed E-state index contributed by atoms with van der Waals surface area (Å²) >= 11 is 0. The van der Waals surface area contributed by atoms with Gasteiger partial charge in [0.1, 0.15) is 18.2 Å². The van der Waals surface area contributed by atoms with Crippen LogP contribution in [0.2, 0.25) is 0 Å². The molecular weight excluding hydrogens is 366 g/mol. The minimum absolute atomic E-state index is 0.0710. The molecule has 3 aromatic rings. The van der Waals surface area contributed by atoms with Crippen LogP contribution >= 0.6 is 0 Å². The molecule has 0 aliphatic heterocycles. The molecule has 0 aromatic heterocycles. The maximum atomic E-state index is 11.8. The molecule has 0 aliphatic carbocycles. The highest BCUT2D eigenvalue weighted by molar-refractivity contribution is 5.98. The zero-order valence-corrected chi connectivity index (χ0v) is 16.3. The largest absolute Gasteiger partial charge is 0.493 e. The predicted molar refractivity (Wildman–Crippen MR) is 111 cm³/mol. The van der Waals surface area contributed by atoms with Gasteiger partial charge in [-0.2, -0.15) is 5.26 Å². The molecule has 5 heteroatoms. The van der Waals surface area contributed by atoms with Gasteiger partial charge in [0.25, 0.3) is 0 Å². The Labute approximate surface area is 169 Å². The minimum atomic E-state index is -0.648. The summed E-state index contributed by atoms with van der Waals surface area (Å²) in [5.74, 6) is 0.442. The van der Waals surface area contributed by atoms with E-state index in [-0.39, 0.29) is 12.2 Å². The minimum Gasteiger partial charge on any atom is -0.493 e. The van der Waals surface area contributed by atoms with Gasteiger partial charge in [0.15, 0.2) is 11.5 Å². The summed E-state index contributed by atoms with van der Waals surface area (Å²) in [5.41, 5.74) is 1.64. The van der Waals surface area contributed by atoms with Crippen molar-refractivity contribution in [2.75, 3.05) is 13.7 Å². The SMILES string of the molecule is CCOC(=O)/C(C#N)=C\c1ccc(OCc2cccc3ccccc23)c(OC)c1. The zero-order chi connectivity index (χ0) is 20.6. The van der Waals surface area contributed by atoms with Crippen LogP contribution in [0.15, 0.2) is 66.2 Å². The van der Waals surface area contributed by atoms with E-state index >= 15 is 0 Å². The van der Waals surface area contributed by atoms with Crippen LogP contribution in [0.25, 0.3) is 16.8 Å². The molecule has 0 radical (unpaired) electrons. The van der Waals surface area contributed by atoms with Crippen molar-refractivity contribution in [2.24, 2.45) is 0 Å². The normalized spacial score (nSPS) is 11.0. The standard InChI is InChI=1S/C24H21NO4/c1-3-28-24(26)20(15-25)13-17-11-12-22(23(14-17)27-2)29-16-19-9-6-8-18-7-4-5-10-21(18)19/h4-14H,3,16H2,1-2H3/b20-13-. The van der Waals surface area contributed by atoms with Crippen molar-refractivity contribution < 1.29 is 19.0 Å². The Balaban J connectivity index is 1.82. The summed E-state index contributed by atoms with van der Waals surface area (Å²) in [6.07, 6.45) is 1.47. The number of fused-ring (bicyclic) bond motifs is 1. The molecule has 0 saturated heterocycles. The van der Waals surface area contributed by atoms with Crippen molar-refractivity contribution in [2.45, 2.75) is 13.5 Å². The summed E-state index contributed by atoms with van der Waals surface area (Å²) in [7, 11) is 1.55. The maximum Gasteiger partial charge on any atom is 0.348 e. The topological polar surface area (TPSA) is 68.6 Å². The van der Waals surface area contributed by atoms with Crippen LogP contribution in [0.1, 0.15) is 18.1 Å². The zero-order valence-electron chi connectivity index (χ0n) is 16.3. The van der Waals surface area contributed by atoms with Crippen LogP contribution < -0.4 is 9.47 Å². The lowest BCUT2D eigenvalue weighted by atomic mass is 10.1. The number of benzene rings is 3. The van der Waals surface area contributed by atoms with Crippen molar-refractivity contribution in [3.05, 3.63) is 77.4 Å². The number of nitrogens with zero attached hydrogens (tertiary/aromatic N) is 1. The lowest BCUT2D eigenvalue weighted by Gasteiger charge is -2.13. The number of hydrogen-bond donors (Lipinski definition) is 0. The van der Waals surface area contributed by atoms with Gasteiger partial charge in [-0.3, -0.25) is 0 Å². The first-order valence-corrected chi connectivity index (χ1v) is 9.22. The van der Waals surface area contributed by atoms with Crippen LogP contribution in [-0.2, 0) is 16.1 Å². The molecule has 0 bridgehead atoms. The molecule has 29 heavy (non-hydrogen) atoms. The summed E-state index contributed by atoms with van der Waals surface area (Å²) in [5, 5.41) is 11.5. The molecule has 0 aliphatic rings. The molecule has 0 heterocycles. The Kier molecular flexibility index (Phi) is 6.49. The number of ether oxygens (including phenoxy) is 3. The van der Waals surface area contributed by atoms with Gasteiger partial charge in [0, 0.05) is 0 Å². The number of carbonyl (C=O) groups is 1. The third kappa shape index (κ3) is 4.74. The molecule has 3 aromatic carbocycles. The molecular formula is C24H21NO4. The smallest absolute Gasteiger partial charge is 0.348 e. The lowest BCUT2D eigenvalue weighted by molar-refractivity contribution is -0.137. The van der Waals surface area contributed by atoms with E-state index in [1.165, 1.54) is 6.08 Å². The molecule has 0 amide bonds. The summed E-state index contributed by atoms with van der Waals surface area (Å²) in [6.45, 7) is 2.29. The van der Waals surface area contributed by atoms with E-state index in [0.29, 0.717) is 23.7 Å². The Morgan fingerprint density at radius 1 is 1.07 bits per heavy atom. The highest BCUT2D eigenvalue weighted by Crippen LogP contribution is 2.30. The van der Waals surface area contributed by atoms with Gasteiger partial charge >= 0.3 is 5.97 Å². The molecule has 0 spiro atoms. The molecule has 0 atom stereocenters. The first-order chi connectivity index (χ1) is 14.2. The van der Waals surface area contributed by atoms with Gasteiger partial charge in [-0.25, -0.2) is 4.79 Å². The second-order valence-corrected chi connectivity index (χ2v) is 6.23. The number of rotatable bonds is 7. The second-order valence-electron chi connectivity index (χ2n) is 6.23. The van der Waals surface area contributed by atoms with Gasteiger partial charge in [-0.05, 0) is 47.0 Å². The molecule has 3 rings (SSSR count). The van der Waals surface area contributed by atoms with Crippen LogP contribution in [0.3, 0.4) is 0 Å². The fraction of sp³-hybridized carbons (Fsp3) is 0.167. The van der Waals surface area contributed by atoms with Gasteiger partial charge in [-0.15, -0.1) is 0 Å². The summed E-state index contributed by atoms with van der Waals surface area (Å²) < 4.78 is 16.3. The quantitative estimate of drug-likeness (QED) is 0.328. The fourth-order valence-electron chi connectivity index (χ4n) is 2.98. The van der Waals surface area contributed by atoms with Gasteiger partial charge in [0.2, 0.25) is 0 Å². The van der Waals surface area contributed by atoms with Crippen molar-refractivity contribution in [3.8, 4) is 17.6 Å². The number of nitriles is 1. The van der Waals surface area contributed by atoms with Crippen molar-refractivity contribution in [3.63, 3.8) is 0 Å². The van der Waals surface area contributed by atoms with E-state index in [1.807, 2.05) is 30.3 Å². The van der Waals surface area contributed by atoms with Crippen molar-refractivity contribution in [1.82, 2.24) is 0 Å². The van der Waals surface area contributed by atoms with E-state index in [0.717, 1.165) is 16.3 Å². The molecule has 0 fully saturated rings. The predicted octanol–water partition coefficient (Wildman–Crippen LogP) is 4.90. The Morgan fingerprint density at radius 2 is 1.86 bits per heavy atom. The van der Waals surface area contributed by atoms with E-state index in [2.05, 4.69) is 18.2 Å². The molecule has 0 N–H and O–H groups in total. The average molecular weight is 387 g/mol. The highest BCUT2D eigenvalue weighted by Gasteiger charge is 2.12. The van der Waals surface area contributed by atoms with Crippen molar-refractivity contribution >= 4 is 22.8 Å². The average Bonchev–Trinajstić information content (AvgIpc) is 2.76. The third-order valence-corrected chi connectivity index (χ3v) is 4.38. The van der Waals surface area contributed by atoms with E-state index in [4.69, 9.17) is 14.2 Å². The molecule has 146 valence electrons. The fourth-order valence-corrected chi connectivity index (χ4v) is 2.98. The number of carbonyl (C=O) groups excluding carboxylic acids is 1. The maximum absolute atomic E-state index is 11.8. The third-order valence-electron chi connectivity index (χ3n) is 4.38. The van der Waals surface area contributed by atoms with Crippen LogP contribution in [0, 0.1) is 11.3 Å². The van der Waals surface area contributed by atoms with Gasteiger partial charge < -0.3 is 14.2 Å². The van der Waals surface area contributed by atoms with E-state index in [1.54, 1.807) is 32.2 Å². The van der Waals surface area contributed by atoms with Crippen molar-refractivity contribution in [1.29, 1.82) is 5.26 Å². The Hall–Kier alpha value is -3.78. The molecule has 0 saturated carbocycles. The Morgan fingerprint density at radius 3 is 2.62 bits per heavy atom. The molecule has 0 unspecified atom stereocenters. The highest BCUT2D eigenvalue weighted by atomic mass is 16.5.